The number of nitrogens with one attached hydrogen (secondary N) is 2. The Morgan fingerprint density at radius 1 is 0.909 bits per heavy atom. The molecule has 1 heterocycles. The number of urea groups is 1. The average molecular weight is 329 g/mol. The minimum atomic E-state index is -0.287. The standard InChI is InChI=1S/C17H13ClN2OS/c18-14-4-6-15(7-5-14)19-17(21)20-16-3-1-2-12(10-16)13-8-9-22-11-13/h1-11H,(H2,19,20,21). The van der Waals surface area contributed by atoms with Gasteiger partial charge in [-0.25, -0.2) is 4.79 Å². The van der Waals surface area contributed by atoms with Crippen LogP contribution in [-0.4, -0.2) is 6.03 Å². The maximum Gasteiger partial charge on any atom is 0.323 e. The van der Waals surface area contributed by atoms with E-state index in [1.165, 1.54) is 0 Å². The molecule has 0 aliphatic heterocycles. The highest BCUT2D eigenvalue weighted by molar-refractivity contribution is 7.08. The van der Waals surface area contributed by atoms with Gasteiger partial charge in [0, 0.05) is 16.4 Å². The summed E-state index contributed by atoms with van der Waals surface area (Å²) < 4.78 is 0. The average Bonchev–Trinajstić information content (AvgIpc) is 3.04. The molecule has 0 bridgehead atoms. The zero-order valence-electron chi connectivity index (χ0n) is 11.5. The van der Waals surface area contributed by atoms with Crippen molar-refractivity contribution in [2.45, 2.75) is 0 Å². The lowest BCUT2D eigenvalue weighted by Gasteiger charge is -2.09. The van der Waals surface area contributed by atoms with Gasteiger partial charge in [-0.1, -0.05) is 23.7 Å². The van der Waals surface area contributed by atoms with Crippen molar-refractivity contribution >= 4 is 40.3 Å². The summed E-state index contributed by atoms with van der Waals surface area (Å²) in [4.78, 5) is 12.0. The maximum absolute atomic E-state index is 12.0. The van der Waals surface area contributed by atoms with E-state index in [9.17, 15) is 4.79 Å². The van der Waals surface area contributed by atoms with Crippen molar-refractivity contribution in [1.82, 2.24) is 0 Å². The molecule has 3 aromatic rings. The van der Waals surface area contributed by atoms with Crippen LogP contribution in [0.2, 0.25) is 5.02 Å². The summed E-state index contributed by atoms with van der Waals surface area (Å²) in [5, 5.41) is 10.3. The molecule has 5 heteroatoms. The topological polar surface area (TPSA) is 41.1 Å². The molecular weight excluding hydrogens is 316 g/mol. The Kier molecular flexibility index (Phi) is 4.42. The first-order chi connectivity index (χ1) is 10.7. The van der Waals surface area contributed by atoms with Gasteiger partial charge in [-0.2, -0.15) is 11.3 Å². The molecule has 0 saturated heterocycles. The van der Waals surface area contributed by atoms with Crippen LogP contribution in [0.3, 0.4) is 0 Å². The molecule has 0 spiro atoms. The van der Waals surface area contributed by atoms with Crippen LogP contribution in [0.5, 0.6) is 0 Å². The van der Waals surface area contributed by atoms with Gasteiger partial charge in [-0.05, 0) is 64.4 Å². The summed E-state index contributed by atoms with van der Waals surface area (Å²) >= 11 is 7.46. The third kappa shape index (κ3) is 3.67. The SMILES string of the molecule is O=C(Nc1ccc(Cl)cc1)Nc1cccc(-c2ccsc2)c1. The fourth-order valence-electron chi connectivity index (χ4n) is 2.03. The van der Waals surface area contributed by atoms with Crippen LogP contribution in [0, 0.1) is 0 Å². The first kappa shape index (κ1) is 14.6. The minimum Gasteiger partial charge on any atom is -0.308 e. The zero-order valence-corrected chi connectivity index (χ0v) is 13.1. The Morgan fingerprint density at radius 3 is 2.41 bits per heavy atom. The van der Waals surface area contributed by atoms with Crippen molar-refractivity contribution in [2.24, 2.45) is 0 Å². The van der Waals surface area contributed by atoms with E-state index in [1.54, 1.807) is 35.6 Å². The van der Waals surface area contributed by atoms with E-state index < -0.39 is 0 Å². The summed E-state index contributed by atoms with van der Waals surface area (Å²) in [6.07, 6.45) is 0. The molecule has 0 aliphatic rings. The Labute approximate surface area is 137 Å². The second-order valence-electron chi connectivity index (χ2n) is 4.68. The normalized spacial score (nSPS) is 10.2. The molecule has 0 saturated carbocycles. The smallest absolute Gasteiger partial charge is 0.308 e. The molecule has 0 aliphatic carbocycles. The van der Waals surface area contributed by atoms with E-state index in [4.69, 9.17) is 11.6 Å². The fourth-order valence-corrected chi connectivity index (χ4v) is 2.82. The Balaban J connectivity index is 1.69. The van der Waals surface area contributed by atoms with Crippen LogP contribution in [0.4, 0.5) is 16.2 Å². The maximum atomic E-state index is 12.0. The van der Waals surface area contributed by atoms with Crippen LogP contribution in [0.1, 0.15) is 0 Å². The molecular formula is C17H13ClN2OS. The second-order valence-corrected chi connectivity index (χ2v) is 5.90. The van der Waals surface area contributed by atoms with Crippen molar-refractivity contribution < 1.29 is 4.79 Å². The molecule has 22 heavy (non-hydrogen) atoms. The first-order valence-electron chi connectivity index (χ1n) is 6.67. The van der Waals surface area contributed by atoms with E-state index >= 15 is 0 Å². The number of hydrogen-bond acceptors (Lipinski definition) is 2. The predicted molar refractivity (Wildman–Crippen MR) is 93.8 cm³/mol. The van der Waals surface area contributed by atoms with E-state index in [1.807, 2.05) is 29.6 Å². The number of halogens is 1. The molecule has 3 rings (SSSR count). The molecule has 0 unspecified atom stereocenters. The van der Waals surface area contributed by atoms with Crippen LogP contribution in [0.25, 0.3) is 11.1 Å². The van der Waals surface area contributed by atoms with Gasteiger partial charge in [0.1, 0.15) is 0 Å². The summed E-state index contributed by atoms with van der Waals surface area (Å²) in [5.74, 6) is 0. The van der Waals surface area contributed by atoms with E-state index in [2.05, 4.69) is 22.1 Å². The Morgan fingerprint density at radius 2 is 1.68 bits per heavy atom. The molecule has 0 fully saturated rings. The van der Waals surface area contributed by atoms with Crippen LogP contribution in [-0.2, 0) is 0 Å². The number of thiophene rings is 1. The number of carbonyl (C=O) groups excluding carboxylic acids is 1. The van der Waals surface area contributed by atoms with Crippen molar-refractivity contribution in [3.8, 4) is 11.1 Å². The number of amides is 2. The zero-order chi connectivity index (χ0) is 15.4. The molecule has 2 amide bonds. The largest absolute Gasteiger partial charge is 0.323 e. The van der Waals surface area contributed by atoms with Gasteiger partial charge in [0.25, 0.3) is 0 Å². The van der Waals surface area contributed by atoms with Crippen molar-refractivity contribution in [2.75, 3.05) is 10.6 Å². The summed E-state index contributed by atoms with van der Waals surface area (Å²) in [5.41, 5.74) is 3.66. The predicted octanol–water partition coefficient (Wildman–Crippen LogP) is 5.71. The lowest BCUT2D eigenvalue weighted by atomic mass is 10.1. The highest BCUT2D eigenvalue weighted by Crippen LogP contribution is 2.24. The van der Waals surface area contributed by atoms with Gasteiger partial charge in [0.2, 0.25) is 0 Å². The summed E-state index contributed by atoms with van der Waals surface area (Å²) in [7, 11) is 0. The number of carbonyl (C=O) groups is 1. The second kappa shape index (κ2) is 6.64. The number of rotatable bonds is 3. The van der Waals surface area contributed by atoms with E-state index in [0.717, 1.165) is 16.8 Å². The summed E-state index contributed by atoms with van der Waals surface area (Å²) in [6.45, 7) is 0. The fraction of sp³-hybridized carbons (Fsp3) is 0. The number of hydrogen-bond donors (Lipinski definition) is 2. The van der Waals surface area contributed by atoms with Gasteiger partial charge in [0.05, 0.1) is 0 Å². The number of benzene rings is 2. The molecule has 3 nitrogen and oxygen atoms in total. The van der Waals surface area contributed by atoms with Gasteiger partial charge in [-0.3, -0.25) is 0 Å². The van der Waals surface area contributed by atoms with Crippen LogP contribution >= 0.6 is 22.9 Å². The highest BCUT2D eigenvalue weighted by atomic mass is 35.5. The lowest BCUT2D eigenvalue weighted by molar-refractivity contribution is 0.262. The van der Waals surface area contributed by atoms with Crippen LogP contribution < -0.4 is 10.6 Å². The lowest BCUT2D eigenvalue weighted by Crippen LogP contribution is -2.19. The van der Waals surface area contributed by atoms with Crippen molar-refractivity contribution in [1.29, 1.82) is 0 Å². The van der Waals surface area contributed by atoms with Gasteiger partial charge >= 0.3 is 6.03 Å². The third-order valence-corrected chi connectivity index (χ3v) is 4.01. The molecule has 0 atom stereocenters. The molecule has 2 N–H and O–H groups in total. The molecule has 110 valence electrons. The first-order valence-corrected chi connectivity index (χ1v) is 7.99. The van der Waals surface area contributed by atoms with Gasteiger partial charge in [-0.15, -0.1) is 0 Å². The summed E-state index contributed by atoms with van der Waals surface area (Å²) in [6, 6.07) is 16.5. The minimum absolute atomic E-state index is 0.287. The van der Waals surface area contributed by atoms with Gasteiger partial charge in [0.15, 0.2) is 0 Å². The van der Waals surface area contributed by atoms with Crippen molar-refractivity contribution in [3.05, 3.63) is 70.4 Å². The van der Waals surface area contributed by atoms with Gasteiger partial charge < -0.3 is 10.6 Å². The number of anilines is 2. The molecule has 1 aromatic heterocycles. The molecule has 2 aromatic carbocycles. The third-order valence-electron chi connectivity index (χ3n) is 3.08. The van der Waals surface area contributed by atoms with Crippen LogP contribution in [0.15, 0.2) is 65.4 Å². The monoisotopic (exact) mass is 328 g/mol. The highest BCUT2D eigenvalue weighted by Gasteiger charge is 2.04. The Bertz CT molecular complexity index is 770. The Hall–Kier alpha value is -2.30. The van der Waals surface area contributed by atoms with E-state index in [-0.39, 0.29) is 6.03 Å². The molecule has 0 radical (unpaired) electrons. The van der Waals surface area contributed by atoms with E-state index in [0.29, 0.717) is 10.7 Å². The van der Waals surface area contributed by atoms with Crippen molar-refractivity contribution in [3.63, 3.8) is 0 Å². The quantitative estimate of drug-likeness (QED) is 0.635.